The van der Waals surface area contributed by atoms with Gasteiger partial charge >= 0.3 is 0 Å². The van der Waals surface area contributed by atoms with Gasteiger partial charge in [0.25, 0.3) is 0 Å². The molecule has 6 fully saturated rings. The average Bonchev–Trinajstić information content (AvgIpc) is 3.09. The highest BCUT2D eigenvalue weighted by atomic mass is 16.3. The van der Waals surface area contributed by atoms with Gasteiger partial charge in [0.05, 0.1) is 11.7 Å². The zero-order valence-corrected chi connectivity index (χ0v) is 19.8. The van der Waals surface area contributed by atoms with E-state index in [0.717, 1.165) is 44.6 Å². The van der Waals surface area contributed by atoms with E-state index in [2.05, 4.69) is 25.7 Å². The number of hydrogen-bond acceptors (Lipinski definition) is 4. The van der Waals surface area contributed by atoms with Crippen molar-refractivity contribution >= 4 is 5.78 Å². The van der Waals surface area contributed by atoms with Gasteiger partial charge in [0.1, 0.15) is 5.78 Å². The number of aliphatic hydroxyl groups is 2. The summed E-state index contributed by atoms with van der Waals surface area (Å²) in [7, 11) is 0. The van der Waals surface area contributed by atoms with E-state index >= 15 is 0 Å². The van der Waals surface area contributed by atoms with Crippen LogP contribution in [0.25, 0.3) is 0 Å². The number of fused-ring (bicyclic) bond motifs is 8. The minimum absolute atomic E-state index is 0.0789. The molecule has 0 radical (unpaired) electrons. The van der Waals surface area contributed by atoms with Crippen molar-refractivity contribution in [1.82, 2.24) is 4.90 Å². The molecule has 0 aromatic heterocycles. The summed E-state index contributed by atoms with van der Waals surface area (Å²) in [5, 5.41) is 22.1. The summed E-state index contributed by atoms with van der Waals surface area (Å²) < 4.78 is 0. The summed E-state index contributed by atoms with van der Waals surface area (Å²) in [6.45, 7) is 9.23. The molecule has 4 heteroatoms. The van der Waals surface area contributed by atoms with Crippen LogP contribution in [-0.4, -0.2) is 51.7 Å². The van der Waals surface area contributed by atoms with Crippen LogP contribution in [0.4, 0.5) is 0 Å². The number of Topliss-reactive ketones (excluding diaryl/α,β-unsaturated/α-hetero) is 1. The zero-order chi connectivity index (χ0) is 21.7. The van der Waals surface area contributed by atoms with Gasteiger partial charge in [0.15, 0.2) is 0 Å². The lowest BCUT2D eigenvalue weighted by Gasteiger charge is -2.59. The van der Waals surface area contributed by atoms with Crippen LogP contribution >= 0.6 is 0 Å². The fraction of sp³-hybridized carbons (Fsp3) is 0.963. The van der Waals surface area contributed by atoms with Crippen LogP contribution in [0.1, 0.15) is 78.6 Å². The first-order valence-corrected chi connectivity index (χ1v) is 13.4. The number of piperidine rings is 2. The molecule has 31 heavy (non-hydrogen) atoms. The third kappa shape index (κ3) is 2.93. The first-order valence-electron chi connectivity index (χ1n) is 13.4. The van der Waals surface area contributed by atoms with Crippen molar-refractivity contribution in [1.29, 1.82) is 0 Å². The lowest BCUT2D eigenvalue weighted by molar-refractivity contribution is -0.175. The summed E-state index contributed by atoms with van der Waals surface area (Å²) in [4.78, 5) is 15.9. The number of carbonyl (C=O) groups is 1. The van der Waals surface area contributed by atoms with Crippen molar-refractivity contribution in [2.24, 2.45) is 52.8 Å². The van der Waals surface area contributed by atoms with Gasteiger partial charge in [-0.1, -0.05) is 13.8 Å². The van der Waals surface area contributed by atoms with E-state index in [4.69, 9.17) is 0 Å². The summed E-state index contributed by atoms with van der Waals surface area (Å²) in [6.07, 6.45) is 9.08. The topological polar surface area (TPSA) is 60.8 Å². The Bertz CT molecular complexity index is 751. The Hall–Kier alpha value is -0.450. The second-order valence-corrected chi connectivity index (χ2v) is 13.2. The van der Waals surface area contributed by atoms with Gasteiger partial charge in [0, 0.05) is 31.5 Å². The number of aliphatic hydroxyl groups excluding tert-OH is 1. The van der Waals surface area contributed by atoms with Crippen LogP contribution in [0.15, 0.2) is 0 Å². The van der Waals surface area contributed by atoms with Crippen LogP contribution in [-0.2, 0) is 4.79 Å². The SMILES string of the molecule is C[C@H]1CC[C@@H]2N(C1)C[C@H]1[C@@H]3CC4[C@@H](CC(=O)[C@H]5C[C@@H](O)CC[C@]45C)[C@@H]3CC[C@H]1[C@]2(C)O. The second kappa shape index (κ2) is 7.03. The van der Waals surface area contributed by atoms with E-state index in [9.17, 15) is 15.0 Å². The van der Waals surface area contributed by atoms with E-state index in [1.54, 1.807) is 0 Å². The molecule has 4 saturated carbocycles. The molecule has 12 atom stereocenters. The molecule has 2 N–H and O–H groups in total. The van der Waals surface area contributed by atoms with E-state index in [0.29, 0.717) is 53.8 Å². The smallest absolute Gasteiger partial charge is 0.136 e. The van der Waals surface area contributed by atoms with Gasteiger partial charge in [-0.15, -0.1) is 0 Å². The average molecular weight is 430 g/mol. The van der Waals surface area contributed by atoms with Gasteiger partial charge in [0.2, 0.25) is 0 Å². The molecular formula is C27H43NO3. The van der Waals surface area contributed by atoms with E-state index in [1.807, 2.05) is 0 Å². The maximum Gasteiger partial charge on any atom is 0.136 e. The van der Waals surface area contributed by atoms with Crippen LogP contribution in [0.2, 0.25) is 0 Å². The Morgan fingerprint density at radius 3 is 2.52 bits per heavy atom. The van der Waals surface area contributed by atoms with Crippen molar-refractivity contribution in [2.75, 3.05) is 13.1 Å². The first-order chi connectivity index (χ1) is 14.7. The maximum absolute atomic E-state index is 13.2. The minimum Gasteiger partial charge on any atom is -0.393 e. The van der Waals surface area contributed by atoms with Gasteiger partial charge in [-0.05, 0) is 105 Å². The van der Waals surface area contributed by atoms with Gasteiger partial charge in [-0.3, -0.25) is 9.69 Å². The lowest BCUT2D eigenvalue weighted by atomic mass is 9.51. The summed E-state index contributed by atoms with van der Waals surface area (Å²) in [6, 6.07) is 0.341. The van der Waals surface area contributed by atoms with Crippen molar-refractivity contribution in [3.63, 3.8) is 0 Å². The zero-order valence-electron chi connectivity index (χ0n) is 19.8. The molecule has 174 valence electrons. The molecule has 2 heterocycles. The minimum atomic E-state index is -0.570. The normalized spacial score (nSPS) is 59.2. The molecule has 0 bridgehead atoms. The Kier molecular flexibility index (Phi) is 4.78. The quantitative estimate of drug-likeness (QED) is 0.613. The van der Waals surface area contributed by atoms with Crippen LogP contribution in [0.3, 0.4) is 0 Å². The summed E-state index contributed by atoms with van der Waals surface area (Å²) in [5.74, 6) is 4.82. The van der Waals surface area contributed by atoms with Gasteiger partial charge < -0.3 is 10.2 Å². The monoisotopic (exact) mass is 429 g/mol. The molecule has 2 saturated heterocycles. The molecule has 0 aromatic carbocycles. The molecule has 0 amide bonds. The standard InChI is InChI=1S/C27H43NO3/c1-15-4-7-25-27(3,31)21-6-5-17-18(20(21)14-28(25)13-15)11-22-19(17)12-24(30)23-10-16(29)8-9-26(22,23)2/h15-23,25,29,31H,4-14H2,1-3H3/t15-,16-,17+,18+,19-,20-,21+,22?,23+,25-,26+,27-/m0/s1. The number of carbonyl (C=O) groups excluding carboxylic acids is 1. The van der Waals surface area contributed by atoms with Crippen molar-refractivity contribution in [3.8, 4) is 0 Å². The van der Waals surface area contributed by atoms with Crippen molar-refractivity contribution in [3.05, 3.63) is 0 Å². The second-order valence-electron chi connectivity index (χ2n) is 13.2. The predicted octanol–water partition coefficient (Wildman–Crippen LogP) is 3.89. The lowest BCUT2D eigenvalue weighted by Crippen LogP contribution is -2.67. The number of ketones is 1. The Labute approximate surface area is 188 Å². The third-order valence-electron chi connectivity index (χ3n) is 11.8. The number of rotatable bonds is 0. The molecule has 6 rings (SSSR count). The first kappa shape index (κ1) is 21.1. The molecule has 4 nitrogen and oxygen atoms in total. The van der Waals surface area contributed by atoms with Crippen molar-refractivity contribution in [2.45, 2.75) is 96.3 Å². The Morgan fingerprint density at radius 1 is 0.903 bits per heavy atom. The predicted molar refractivity (Wildman–Crippen MR) is 120 cm³/mol. The molecule has 0 aromatic rings. The number of hydrogen-bond donors (Lipinski definition) is 2. The maximum atomic E-state index is 13.2. The fourth-order valence-corrected chi connectivity index (χ4v) is 10.4. The summed E-state index contributed by atoms with van der Waals surface area (Å²) >= 11 is 0. The molecule has 1 unspecified atom stereocenters. The van der Waals surface area contributed by atoms with E-state index < -0.39 is 5.60 Å². The van der Waals surface area contributed by atoms with E-state index in [1.165, 1.54) is 25.8 Å². The summed E-state index contributed by atoms with van der Waals surface area (Å²) in [5.41, 5.74) is -0.482. The molecular weight excluding hydrogens is 386 g/mol. The van der Waals surface area contributed by atoms with Gasteiger partial charge in [-0.2, -0.15) is 0 Å². The third-order valence-corrected chi connectivity index (χ3v) is 11.8. The van der Waals surface area contributed by atoms with Crippen LogP contribution in [0, 0.1) is 52.8 Å². The number of nitrogens with zero attached hydrogens (tertiary/aromatic N) is 1. The van der Waals surface area contributed by atoms with Crippen LogP contribution in [0.5, 0.6) is 0 Å². The van der Waals surface area contributed by atoms with Crippen molar-refractivity contribution < 1.29 is 15.0 Å². The highest BCUT2D eigenvalue weighted by Crippen LogP contribution is 2.66. The molecule has 2 aliphatic heterocycles. The molecule has 0 spiro atoms. The highest BCUT2D eigenvalue weighted by Gasteiger charge is 2.64. The molecule has 4 aliphatic carbocycles. The fourth-order valence-electron chi connectivity index (χ4n) is 10.4. The van der Waals surface area contributed by atoms with E-state index in [-0.39, 0.29) is 17.4 Å². The van der Waals surface area contributed by atoms with Gasteiger partial charge in [-0.25, -0.2) is 0 Å². The Morgan fingerprint density at radius 2 is 1.71 bits per heavy atom. The highest BCUT2D eigenvalue weighted by molar-refractivity contribution is 5.83. The van der Waals surface area contributed by atoms with Crippen LogP contribution < -0.4 is 0 Å². The Balaban J connectivity index is 1.31. The largest absolute Gasteiger partial charge is 0.393 e. The molecule has 6 aliphatic rings.